The summed E-state index contributed by atoms with van der Waals surface area (Å²) in [7, 11) is 0. The third-order valence-electron chi connectivity index (χ3n) is 5.07. The number of rotatable bonds is 5. The Balaban J connectivity index is 1.74. The van der Waals surface area contributed by atoms with E-state index in [4.69, 9.17) is 12.2 Å². The molecule has 2 N–H and O–H groups in total. The summed E-state index contributed by atoms with van der Waals surface area (Å²) >= 11 is 11.0. The van der Waals surface area contributed by atoms with E-state index in [0.717, 1.165) is 26.4 Å². The van der Waals surface area contributed by atoms with Crippen LogP contribution in [-0.4, -0.2) is 16.0 Å². The van der Waals surface area contributed by atoms with Crippen LogP contribution in [0.2, 0.25) is 0 Å². The second-order valence-electron chi connectivity index (χ2n) is 7.04. The molecule has 0 aliphatic carbocycles. The molecule has 1 aliphatic heterocycles. The van der Waals surface area contributed by atoms with Crippen LogP contribution < -0.4 is 15.5 Å². The highest BCUT2D eigenvalue weighted by Gasteiger charge is 2.41. The van der Waals surface area contributed by atoms with Gasteiger partial charge < -0.3 is 15.5 Å². The normalized spacial score (nSPS) is 18.4. The second kappa shape index (κ2) is 8.83. The topological polar surface area (TPSA) is 57.3 Å². The molecule has 1 fully saturated rings. The van der Waals surface area contributed by atoms with Gasteiger partial charge in [-0.3, -0.25) is 9.78 Å². The van der Waals surface area contributed by atoms with Gasteiger partial charge in [-0.15, -0.1) is 11.3 Å². The molecule has 1 aromatic carbocycles. The largest absolute Gasteiger partial charge is 0.351 e. The maximum absolute atomic E-state index is 11.8. The van der Waals surface area contributed by atoms with Crippen LogP contribution in [0, 0.1) is 6.92 Å². The molecular weight excluding hydrogens is 480 g/mol. The summed E-state index contributed by atoms with van der Waals surface area (Å²) < 4.78 is 1.07. The molecule has 1 saturated heterocycles. The highest BCUT2D eigenvalue weighted by Crippen LogP contribution is 2.44. The molecule has 8 heteroatoms. The van der Waals surface area contributed by atoms with E-state index in [1.54, 1.807) is 17.5 Å². The quantitative estimate of drug-likeness (QED) is 0.437. The summed E-state index contributed by atoms with van der Waals surface area (Å²) in [4.78, 5) is 19.7. The average molecular weight is 501 g/mol. The van der Waals surface area contributed by atoms with E-state index in [2.05, 4.69) is 54.6 Å². The van der Waals surface area contributed by atoms with Gasteiger partial charge >= 0.3 is 0 Å². The monoisotopic (exact) mass is 500 g/mol. The lowest BCUT2D eigenvalue weighted by Crippen LogP contribution is -2.29. The van der Waals surface area contributed by atoms with Gasteiger partial charge in [-0.25, -0.2) is 0 Å². The van der Waals surface area contributed by atoms with Crippen molar-refractivity contribution in [2.45, 2.75) is 32.4 Å². The van der Waals surface area contributed by atoms with E-state index in [9.17, 15) is 4.79 Å². The third-order valence-corrected chi connectivity index (χ3v) is 7.08. The number of thiophene rings is 1. The Hall–Kier alpha value is -2.29. The maximum atomic E-state index is 11.8. The minimum absolute atomic E-state index is 0.000684. The van der Waals surface area contributed by atoms with Crippen LogP contribution in [0.15, 0.2) is 58.5 Å². The van der Waals surface area contributed by atoms with Crippen LogP contribution in [0.3, 0.4) is 0 Å². The summed E-state index contributed by atoms with van der Waals surface area (Å²) in [6, 6.07) is 16.0. The predicted molar refractivity (Wildman–Crippen MR) is 130 cm³/mol. The SMILES string of the molecule is CCC(=O)Nc1ccc(N2C(=S)N[C@H](c3ccccn3)[C@H]2c2ccc(Br)s2)cc1C. The zero-order valence-corrected chi connectivity index (χ0v) is 19.8. The Morgan fingerprint density at radius 2 is 2.13 bits per heavy atom. The van der Waals surface area contributed by atoms with Crippen LogP contribution in [0.25, 0.3) is 0 Å². The first-order valence-corrected chi connectivity index (χ1v) is 11.7. The fraction of sp³-hybridized carbons (Fsp3) is 0.227. The van der Waals surface area contributed by atoms with Gasteiger partial charge in [0.05, 0.1) is 21.6 Å². The third kappa shape index (κ3) is 4.12. The molecule has 1 aliphatic rings. The number of thiocarbonyl (C=S) groups is 1. The Morgan fingerprint density at radius 3 is 2.77 bits per heavy atom. The first kappa shape index (κ1) is 21.0. The van der Waals surface area contributed by atoms with Crippen molar-refractivity contribution >= 4 is 61.9 Å². The van der Waals surface area contributed by atoms with Gasteiger partial charge in [0.25, 0.3) is 0 Å². The van der Waals surface area contributed by atoms with Crippen molar-refractivity contribution in [1.29, 1.82) is 0 Å². The maximum Gasteiger partial charge on any atom is 0.224 e. The van der Waals surface area contributed by atoms with Crippen molar-refractivity contribution < 1.29 is 4.79 Å². The average Bonchev–Trinajstić information content (AvgIpc) is 3.32. The number of pyridine rings is 1. The van der Waals surface area contributed by atoms with Gasteiger partial charge in [0, 0.05) is 28.9 Å². The van der Waals surface area contributed by atoms with Gasteiger partial charge in [0.15, 0.2) is 5.11 Å². The molecule has 154 valence electrons. The first-order valence-electron chi connectivity index (χ1n) is 9.64. The van der Waals surface area contributed by atoms with Gasteiger partial charge in [0.2, 0.25) is 5.91 Å². The predicted octanol–water partition coefficient (Wildman–Crippen LogP) is 5.74. The lowest BCUT2D eigenvalue weighted by molar-refractivity contribution is -0.115. The molecule has 2 aromatic heterocycles. The van der Waals surface area contributed by atoms with Crippen molar-refractivity contribution in [3.05, 3.63) is 74.6 Å². The summed E-state index contributed by atoms with van der Waals surface area (Å²) in [5.41, 5.74) is 3.73. The highest BCUT2D eigenvalue weighted by atomic mass is 79.9. The molecule has 5 nitrogen and oxygen atoms in total. The summed E-state index contributed by atoms with van der Waals surface area (Å²) in [6.07, 6.45) is 2.25. The lowest BCUT2D eigenvalue weighted by Gasteiger charge is -2.27. The van der Waals surface area contributed by atoms with Crippen molar-refractivity contribution in [1.82, 2.24) is 10.3 Å². The molecule has 0 radical (unpaired) electrons. The number of aryl methyl sites for hydroxylation is 1. The van der Waals surface area contributed by atoms with Gasteiger partial charge in [0.1, 0.15) is 0 Å². The molecule has 2 atom stereocenters. The number of nitrogens with zero attached hydrogens (tertiary/aromatic N) is 2. The van der Waals surface area contributed by atoms with Crippen LogP contribution >= 0.6 is 39.5 Å². The number of anilines is 2. The summed E-state index contributed by atoms with van der Waals surface area (Å²) in [5, 5.41) is 7.08. The van der Waals surface area contributed by atoms with E-state index in [1.807, 2.05) is 44.2 Å². The van der Waals surface area contributed by atoms with Crippen molar-refractivity contribution in [3.8, 4) is 0 Å². The van der Waals surface area contributed by atoms with Gasteiger partial charge in [-0.2, -0.15) is 0 Å². The zero-order valence-electron chi connectivity index (χ0n) is 16.6. The first-order chi connectivity index (χ1) is 14.5. The van der Waals surface area contributed by atoms with E-state index in [0.29, 0.717) is 11.5 Å². The lowest BCUT2D eigenvalue weighted by atomic mass is 10.0. The van der Waals surface area contributed by atoms with Crippen LogP contribution in [0.5, 0.6) is 0 Å². The Bertz CT molecular complexity index is 1090. The second-order valence-corrected chi connectivity index (χ2v) is 9.92. The molecular formula is C22H21BrN4OS2. The number of halogens is 1. The fourth-order valence-electron chi connectivity index (χ4n) is 3.59. The number of amides is 1. The molecule has 0 saturated carbocycles. The number of hydrogen-bond acceptors (Lipinski definition) is 4. The van der Waals surface area contributed by atoms with Crippen molar-refractivity contribution in [3.63, 3.8) is 0 Å². The van der Waals surface area contributed by atoms with E-state index in [1.165, 1.54) is 4.88 Å². The minimum Gasteiger partial charge on any atom is -0.351 e. The van der Waals surface area contributed by atoms with E-state index >= 15 is 0 Å². The Morgan fingerprint density at radius 1 is 1.30 bits per heavy atom. The highest BCUT2D eigenvalue weighted by molar-refractivity contribution is 9.11. The van der Waals surface area contributed by atoms with Crippen LogP contribution in [-0.2, 0) is 4.79 Å². The number of hydrogen-bond donors (Lipinski definition) is 2. The summed E-state index contributed by atoms with van der Waals surface area (Å²) in [6.45, 7) is 3.84. The van der Waals surface area contributed by atoms with E-state index in [-0.39, 0.29) is 18.0 Å². The molecule has 3 heterocycles. The molecule has 30 heavy (non-hydrogen) atoms. The molecule has 4 rings (SSSR count). The fourth-order valence-corrected chi connectivity index (χ4v) is 5.48. The Kier molecular flexibility index (Phi) is 6.17. The number of carbonyl (C=O) groups is 1. The number of carbonyl (C=O) groups excluding carboxylic acids is 1. The van der Waals surface area contributed by atoms with Gasteiger partial charge in [-0.05, 0) is 83.1 Å². The van der Waals surface area contributed by atoms with Crippen molar-refractivity contribution in [2.75, 3.05) is 10.2 Å². The van der Waals surface area contributed by atoms with Crippen LogP contribution in [0.1, 0.15) is 41.6 Å². The molecule has 1 amide bonds. The molecule has 0 bridgehead atoms. The Labute approximate surface area is 193 Å². The smallest absolute Gasteiger partial charge is 0.224 e. The standard InChI is InChI=1S/C22H21BrN4OS2/c1-3-19(28)25-15-8-7-14(12-13(15)2)27-21(17-9-10-18(23)30-17)20(26-22(27)29)16-6-4-5-11-24-16/h4-12,20-21H,3H2,1-2H3,(H,25,28)(H,26,29)/t20-,21-/m1/s1. The number of aromatic nitrogens is 1. The van der Waals surface area contributed by atoms with E-state index < -0.39 is 0 Å². The number of benzene rings is 1. The molecule has 0 spiro atoms. The zero-order chi connectivity index (χ0) is 21.3. The molecule has 3 aromatic rings. The number of nitrogens with one attached hydrogen (secondary N) is 2. The van der Waals surface area contributed by atoms with Crippen molar-refractivity contribution in [2.24, 2.45) is 0 Å². The van der Waals surface area contributed by atoms with Gasteiger partial charge in [-0.1, -0.05) is 13.0 Å². The summed E-state index contributed by atoms with van der Waals surface area (Å²) in [5.74, 6) is 0.000684. The minimum atomic E-state index is -0.0657. The molecule has 0 unspecified atom stereocenters. The van der Waals surface area contributed by atoms with Crippen LogP contribution in [0.4, 0.5) is 11.4 Å².